The van der Waals surface area contributed by atoms with Crippen molar-refractivity contribution in [1.82, 2.24) is 14.9 Å². The number of nitro benzene ring substituents is 1. The van der Waals surface area contributed by atoms with Crippen molar-refractivity contribution in [3.05, 3.63) is 64.2 Å². The fraction of sp³-hybridized carbons (Fsp3) is 0.393. The second kappa shape index (κ2) is 17.4. The molecule has 2 aromatic carbocycles. The fourth-order valence-corrected chi connectivity index (χ4v) is 5.32. The van der Waals surface area contributed by atoms with Crippen molar-refractivity contribution >= 4 is 51.0 Å². The first-order valence-electron chi connectivity index (χ1n) is 14.1. The van der Waals surface area contributed by atoms with E-state index < -0.39 is 57.3 Å². The topological polar surface area (TPSA) is 270 Å². The number of aryl methyl sites for hydroxylation is 1. The standard InChI is InChI=1S/C26H34N8O7S.C2H4O2/c1-17-6-12-20(13-7-17)42(40,41)30-16-23(35)33-15-3-5-22(33)25(37)32-24(36)21(4-2-14-29-26(27)28)31-18-8-10-19(11-9-18)34(38)39;1-2(3)4/h6-13,21-22,30-31H,2-5,14-16H2,1H3,(H4,27,28,29)(H,32,36,37);1H3,(H,3,4)/t21-,22-;/m0./s1. The highest BCUT2D eigenvalue weighted by Gasteiger charge is 2.36. The third-order valence-electron chi connectivity index (χ3n) is 6.55. The average molecular weight is 663 g/mol. The van der Waals surface area contributed by atoms with E-state index in [2.05, 4.69) is 20.3 Å². The van der Waals surface area contributed by atoms with Crippen LogP contribution in [0.2, 0.25) is 0 Å². The lowest BCUT2D eigenvalue weighted by molar-refractivity contribution is -0.384. The lowest BCUT2D eigenvalue weighted by Gasteiger charge is -2.25. The number of guanidine groups is 1. The van der Waals surface area contributed by atoms with E-state index in [9.17, 15) is 32.9 Å². The van der Waals surface area contributed by atoms with Gasteiger partial charge in [-0.2, -0.15) is 0 Å². The molecule has 1 aliphatic rings. The minimum Gasteiger partial charge on any atom is -0.481 e. The quantitative estimate of drug-likeness (QED) is 0.0561. The molecule has 46 heavy (non-hydrogen) atoms. The van der Waals surface area contributed by atoms with Crippen LogP contribution in [0, 0.1) is 17.0 Å². The first-order chi connectivity index (χ1) is 21.6. The van der Waals surface area contributed by atoms with Gasteiger partial charge in [0.15, 0.2) is 5.96 Å². The summed E-state index contributed by atoms with van der Waals surface area (Å²) in [4.78, 5) is 63.7. The van der Waals surface area contributed by atoms with Gasteiger partial charge in [0, 0.05) is 37.8 Å². The van der Waals surface area contributed by atoms with Crippen molar-refractivity contribution in [3.63, 3.8) is 0 Å². The van der Waals surface area contributed by atoms with E-state index in [0.717, 1.165) is 12.5 Å². The summed E-state index contributed by atoms with van der Waals surface area (Å²) in [6, 6.07) is 9.65. The Bertz CT molecular complexity index is 1520. The van der Waals surface area contributed by atoms with Gasteiger partial charge in [-0.05, 0) is 56.9 Å². The van der Waals surface area contributed by atoms with Gasteiger partial charge >= 0.3 is 0 Å². The van der Waals surface area contributed by atoms with Gasteiger partial charge in [0.2, 0.25) is 27.7 Å². The van der Waals surface area contributed by atoms with Gasteiger partial charge in [0.25, 0.3) is 11.7 Å². The van der Waals surface area contributed by atoms with E-state index in [1.165, 1.54) is 41.3 Å². The molecule has 17 nitrogen and oxygen atoms in total. The molecular weight excluding hydrogens is 624 g/mol. The number of aliphatic imine (C=N–C) groups is 1. The van der Waals surface area contributed by atoms with Crippen LogP contribution >= 0.6 is 0 Å². The summed E-state index contributed by atoms with van der Waals surface area (Å²) in [5.74, 6) is -2.93. The molecule has 0 aliphatic carbocycles. The van der Waals surface area contributed by atoms with E-state index in [1.807, 2.05) is 6.92 Å². The summed E-state index contributed by atoms with van der Waals surface area (Å²) in [6.45, 7) is 2.80. The summed E-state index contributed by atoms with van der Waals surface area (Å²) in [7, 11) is -3.95. The van der Waals surface area contributed by atoms with Crippen molar-refractivity contribution in [2.45, 2.75) is 56.5 Å². The zero-order chi connectivity index (χ0) is 34.4. The summed E-state index contributed by atoms with van der Waals surface area (Å²) in [6.07, 6.45) is 1.37. The number of hydrogen-bond acceptors (Lipinski definition) is 10. The SMILES string of the molecule is CC(=O)O.Cc1ccc(S(=O)(=O)NCC(=O)N2CCC[C@H]2C(=O)NC(=O)[C@H](CCCN=C(N)N)Nc2ccc([N+](=O)[O-])cc2)cc1. The summed E-state index contributed by atoms with van der Waals surface area (Å²) < 4.78 is 27.4. The number of carbonyl (C=O) groups is 4. The fourth-order valence-electron chi connectivity index (χ4n) is 4.34. The normalized spacial score (nSPS) is 14.7. The Morgan fingerprint density at radius 3 is 2.28 bits per heavy atom. The Morgan fingerprint density at radius 1 is 1.11 bits per heavy atom. The van der Waals surface area contributed by atoms with Crippen LogP contribution in [-0.4, -0.2) is 84.7 Å². The average Bonchev–Trinajstić information content (AvgIpc) is 3.48. The zero-order valence-corrected chi connectivity index (χ0v) is 26.2. The van der Waals surface area contributed by atoms with Gasteiger partial charge in [0.05, 0.1) is 16.4 Å². The molecule has 18 heteroatoms. The van der Waals surface area contributed by atoms with E-state index in [-0.39, 0.29) is 36.1 Å². The molecule has 1 aliphatic heterocycles. The minimum absolute atomic E-state index is 0.00798. The number of nitrogens with two attached hydrogens (primary N) is 2. The highest BCUT2D eigenvalue weighted by molar-refractivity contribution is 7.89. The van der Waals surface area contributed by atoms with E-state index >= 15 is 0 Å². The van der Waals surface area contributed by atoms with Gasteiger partial charge in [0.1, 0.15) is 12.1 Å². The molecule has 1 saturated heterocycles. The molecular formula is C28H38N8O9S. The van der Waals surface area contributed by atoms with Crippen LogP contribution in [0.15, 0.2) is 58.4 Å². The van der Waals surface area contributed by atoms with E-state index in [4.69, 9.17) is 21.4 Å². The number of rotatable bonds is 13. The number of nitrogens with one attached hydrogen (secondary N) is 3. The molecule has 1 fully saturated rings. The number of nitrogens with zero attached hydrogens (tertiary/aromatic N) is 3. The maximum absolute atomic E-state index is 13.1. The number of imide groups is 1. The van der Waals surface area contributed by atoms with Gasteiger partial charge in [-0.15, -0.1) is 0 Å². The summed E-state index contributed by atoms with van der Waals surface area (Å²) in [5, 5.41) is 23.7. The van der Waals surface area contributed by atoms with Crippen LogP contribution in [0.1, 0.15) is 38.2 Å². The molecule has 0 radical (unpaired) electrons. The lowest BCUT2D eigenvalue weighted by Crippen LogP contribution is -2.52. The molecule has 0 unspecified atom stereocenters. The van der Waals surface area contributed by atoms with Crippen molar-refractivity contribution in [2.75, 3.05) is 25.0 Å². The number of aliphatic carboxylic acids is 1. The predicted molar refractivity (Wildman–Crippen MR) is 168 cm³/mol. The minimum atomic E-state index is -3.95. The zero-order valence-electron chi connectivity index (χ0n) is 25.3. The number of carbonyl (C=O) groups excluding carboxylic acids is 3. The number of non-ortho nitro benzene ring substituents is 1. The molecule has 3 rings (SSSR count). The number of hydrogen-bond donors (Lipinski definition) is 6. The molecule has 1 heterocycles. The Morgan fingerprint density at radius 2 is 1.72 bits per heavy atom. The van der Waals surface area contributed by atoms with Crippen molar-refractivity contribution < 1.29 is 37.6 Å². The molecule has 8 N–H and O–H groups in total. The third-order valence-corrected chi connectivity index (χ3v) is 7.96. The highest BCUT2D eigenvalue weighted by Crippen LogP contribution is 2.20. The number of carboxylic acid groups (broad SMARTS) is 1. The number of nitro groups is 1. The van der Waals surface area contributed by atoms with Gasteiger partial charge in [-0.1, -0.05) is 17.7 Å². The maximum atomic E-state index is 13.1. The summed E-state index contributed by atoms with van der Waals surface area (Å²) >= 11 is 0. The number of amides is 3. The predicted octanol–water partition coefficient (Wildman–Crippen LogP) is 0.441. The molecule has 0 saturated carbocycles. The molecule has 3 amide bonds. The van der Waals surface area contributed by atoms with E-state index in [0.29, 0.717) is 24.9 Å². The largest absolute Gasteiger partial charge is 0.481 e. The first kappa shape index (κ1) is 37.1. The first-order valence-corrected chi connectivity index (χ1v) is 15.6. The number of sulfonamides is 1. The van der Waals surface area contributed by atoms with Crippen LogP contribution in [0.25, 0.3) is 0 Å². The smallest absolute Gasteiger partial charge is 0.300 e. The number of carboxylic acids is 1. The summed E-state index contributed by atoms with van der Waals surface area (Å²) in [5.41, 5.74) is 11.9. The second-order valence-electron chi connectivity index (χ2n) is 10.2. The van der Waals surface area contributed by atoms with Crippen LogP contribution in [0.5, 0.6) is 0 Å². The van der Waals surface area contributed by atoms with Gasteiger partial charge in [-0.25, -0.2) is 13.1 Å². The second-order valence-corrected chi connectivity index (χ2v) is 12.0. The van der Waals surface area contributed by atoms with Crippen molar-refractivity contribution in [3.8, 4) is 0 Å². The maximum Gasteiger partial charge on any atom is 0.300 e. The molecule has 250 valence electrons. The highest BCUT2D eigenvalue weighted by atomic mass is 32.2. The molecule has 0 spiro atoms. The van der Waals surface area contributed by atoms with Gasteiger partial charge in [-0.3, -0.25) is 39.6 Å². The number of benzene rings is 2. The number of anilines is 1. The van der Waals surface area contributed by atoms with Crippen LogP contribution < -0.4 is 26.8 Å². The number of likely N-dealkylation sites (tertiary alicyclic amines) is 1. The van der Waals surface area contributed by atoms with Crippen LogP contribution in [0.3, 0.4) is 0 Å². The lowest BCUT2D eigenvalue weighted by atomic mass is 10.1. The Kier molecular flexibility index (Phi) is 14.0. The molecule has 2 aromatic rings. The Hall–Kier alpha value is -5.10. The van der Waals surface area contributed by atoms with E-state index in [1.54, 1.807) is 12.1 Å². The van der Waals surface area contributed by atoms with Crippen molar-refractivity contribution in [1.29, 1.82) is 0 Å². The van der Waals surface area contributed by atoms with Gasteiger partial charge < -0.3 is 26.8 Å². The monoisotopic (exact) mass is 662 g/mol. The van der Waals surface area contributed by atoms with Crippen LogP contribution in [-0.2, 0) is 29.2 Å². The molecule has 0 aromatic heterocycles. The Balaban J connectivity index is 0.00000173. The third kappa shape index (κ3) is 12.1. The van der Waals surface area contributed by atoms with Crippen molar-refractivity contribution in [2.24, 2.45) is 16.5 Å². The Labute approximate surface area is 265 Å². The molecule has 0 bridgehead atoms. The molecule has 2 atom stereocenters. The van der Waals surface area contributed by atoms with Crippen LogP contribution in [0.4, 0.5) is 11.4 Å².